The van der Waals surface area contributed by atoms with Crippen molar-refractivity contribution in [3.05, 3.63) is 99.0 Å². The number of nitrogens with zero attached hydrogens (tertiary/aromatic N) is 1. The molecular weight excluding hydrogens is 527 g/mol. The fourth-order valence-electron chi connectivity index (χ4n) is 3.11. The molecule has 0 radical (unpaired) electrons. The summed E-state index contributed by atoms with van der Waals surface area (Å²) in [6.45, 7) is -1.01. The van der Waals surface area contributed by atoms with Gasteiger partial charge in [0.15, 0.2) is 0 Å². The Hall–Kier alpha value is -2.27. The van der Waals surface area contributed by atoms with Crippen LogP contribution in [-0.2, 0) is 35.5 Å². The maximum Gasteiger partial charge on any atom is 0.416 e. The molecular formula is C22H15Cl2F6NO2S. The van der Waals surface area contributed by atoms with Crippen LogP contribution in [0.15, 0.2) is 71.6 Å². The summed E-state index contributed by atoms with van der Waals surface area (Å²) in [4.78, 5) is -0.831. The van der Waals surface area contributed by atoms with E-state index in [9.17, 15) is 34.8 Å². The van der Waals surface area contributed by atoms with Gasteiger partial charge in [0.25, 0.3) is 0 Å². The third-order valence-corrected chi connectivity index (χ3v) is 7.44. The summed E-state index contributed by atoms with van der Waals surface area (Å²) < 4.78 is 107. The van der Waals surface area contributed by atoms with Crippen LogP contribution in [0.2, 0.25) is 10.0 Å². The highest BCUT2D eigenvalue weighted by molar-refractivity contribution is 7.89. The Balaban J connectivity index is 2.11. The van der Waals surface area contributed by atoms with E-state index in [-0.39, 0.29) is 10.6 Å². The van der Waals surface area contributed by atoms with Crippen molar-refractivity contribution in [3.8, 4) is 0 Å². The molecule has 0 aromatic heterocycles. The van der Waals surface area contributed by atoms with E-state index in [2.05, 4.69) is 0 Å². The van der Waals surface area contributed by atoms with Gasteiger partial charge in [0.05, 0.1) is 16.1 Å². The van der Waals surface area contributed by atoms with Crippen molar-refractivity contribution in [1.82, 2.24) is 4.31 Å². The van der Waals surface area contributed by atoms with Crippen molar-refractivity contribution in [2.75, 3.05) is 0 Å². The Labute approximate surface area is 201 Å². The fraction of sp³-hybridized carbons (Fsp3) is 0.182. The molecule has 0 bridgehead atoms. The van der Waals surface area contributed by atoms with Crippen molar-refractivity contribution in [2.45, 2.75) is 30.3 Å². The molecule has 0 saturated carbocycles. The molecule has 3 nitrogen and oxygen atoms in total. The molecule has 0 aliphatic carbocycles. The second kappa shape index (κ2) is 9.77. The number of alkyl halides is 6. The standard InChI is InChI=1S/C22H15Cl2F6NO2S/c23-18-7-2-1-5-15(18)13-31(12-14-4-3-6-16(10-14)21(25,26)27)34(32,33)20-11-17(22(28,29)30)8-9-19(20)24/h1-11H,12-13H2. The van der Waals surface area contributed by atoms with E-state index >= 15 is 0 Å². The molecule has 3 rings (SSSR count). The zero-order chi connectivity index (χ0) is 25.3. The summed E-state index contributed by atoms with van der Waals surface area (Å²) in [7, 11) is -4.71. The van der Waals surface area contributed by atoms with E-state index in [1.54, 1.807) is 12.1 Å². The predicted molar refractivity (Wildman–Crippen MR) is 116 cm³/mol. The van der Waals surface area contributed by atoms with E-state index in [1.807, 2.05) is 0 Å². The molecule has 0 atom stereocenters. The second-order valence-electron chi connectivity index (χ2n) is 7.21. The number of hydrogen-bond acceptors (Lipinski definition) is 2. The van der Waals surface area contributed by atoms with E-state index in [1.165, 1.54) is 18.2 Å². The van der Waals surface area contributed by atoms with Gasteiger partial charge in [-0.25, -0.2) is 8.42 Å². The first kappa shape index (κ1) is 26.3. The van der Waals surface area contributed by atoms with Gasteiger partial charge in [0, 0.05) is 18.1 Å². The Morgan fingerprint density at radius 2 is 1.32 bits per heavy atom. The van der Waals surface area contributed by atoms with Crippen LogP contribution in [-0.4, -0.2) is 12.7 Å². The normalized spacial score (nSPS) is 12.9. The molecule has 0 aliphatic heterocycles. The van der Waals surface area contributed by atoms with Crippen molar-refractivity contribution >= 4 is 33.2 Å². The Bertz CT molecular complexity index is 1290. The quantitative estimate of drug-likeness (QED) is 0.304. The summed E-state index contributed by atoms with van der Waals surface area (Å²) in [5.74, 6) is 0. The number of benzene rings is 3. The number of hydrogen-bond donors (Lipinski definition) is 0. The summed E-state index contributed by atoms with van der Waals surface area (Å²) in [5, 5.41) is -0.303. The van der Waals surface area contributed by atoms with Crippen molar-refractivity contribution < 1.29 is 34.8 Å². The third-order valence-electron chi connectivity index (χ3n) is 4.79. The molecule has 0 saturated heterocycles. The van der Waals surface area contributed by atoms with Gasteiger partial charge in [0.2, 0.25) is 10.0 Å². The summed E-state index contributed by atoms with van der Waals surface area (Å²) in [6.07, 6.45) is -9.52. The monoisotopic (exact) mass is 541 g/mol. The Kier molecular flexibility index (Phi) is 7.57. The van der Waals surface area contributed by atoms with Crippen LogP contribution < -0.4 is 0 Å². The average molecular weight is 542 g/mol. The lowest BCUT2D eigenvalue weighted by atomic mass is 10.1. The first-order valence-corrected chi connectivity index (χ1v) is 11.7. The summed E-state index contributed by atoms with van der Waals surface area (Å²) >= 11 is 12.1. The molecule has 0 unspecified atom stereocenters. The first-order chi connectivity index (χ1) is 15.7. The van der Waals surface area contributed by atoms with Gasteiger partial charge in [-0.05, 0) is 41.5 Å². The predicted octanol–water partition coefficient (Wildman–Crippen LogP) is 7.42. The molecule has 0 fully saturated rings. The Morgan fingerprint density at radius 1 is 0.706 bits per heavy atom. The minimum Gasteiger partial charge on any atom is -0.207 e. The van der Waals surface area contributed by atoms with Crippen molar-refractivity contribution in [2.24, 2.45) is 0 Å². The van der Waals surface area contributed by atoms with Gasteiger partial charge < -0.3 is 0 Å². The molecule has 0 N–H and O–H groups in total. The van der Waals surface area contributed by atoms with Crippen LogP contribution in [0.1, 0.15) is 22.3 Å². The van der Waals surface area contributed by atoms with Gasteiger partial charge in [-0.15, -0.1) is 0 Å². The molecule has 3 aromatic carbocycles. The van der Waals surface area contributed by atoms with E-state index in [4.69, 9.17) is 23.2 Å². The molecule has 0 aliphatic rings. The average Bonchev–Trinajstić information content (AvgIpc) is 2.73. The van der Waals surface area contributed by atoms with Crippen LogP contribution >= 0.6 is 23.2 Å². The lowest BCUT2D eigenvalue weighted by molar-refractivity contribution is -0.138. The SMILES string of the molecule is O=S(=O)(c1cc(C(F)(F)F)ccc1Cl)N(Cc1cccc(C(F)(F)F)c1)Cc1ccccc1Cl. The molecule has 3 aromatic rings. The van der Waals surface area contributed by atoms with E-state index in [0.29, 0.717) is 17.7 Å². The van der Waals surface area contributed by atoms with Gasteiger partial charge in [-0.2, -0.15) is 30.6 Å². The second-order valence-corrected chi connectivity index (χ2v) is 9.93. The minimum absolute atomic E-state index is 0.0337. The van der Waals surface area contributed by atoms with Crippen LogP contribution in [0.3, 0.4) is 0 Å². The highest BCUT2D eigenvalue weighted by Crippen LogP contribution is 2.36. The topological polar surface area (TPSA) is 37.4 Å². The number of halogens is 8. The van der Waals surface area contributed by atoms with Crippen molar-refractivity contribution in [3.63, 3.8) is 0 Å². The van der Waals surface area contributed by atoms with Crippen LogP contribution in [0.5, 0.6) is 0 Å². The van der Waals surface area contributed by atoms with Crippen LogP contribution in [0, 0.1) is 0 Å². The Morgan fingerprint density at radius 3 is 1.94 bits per heavy atom. The van der Waals surface area contributed by atoms with Gasteiger partial charge in [-0.3, -0.25) is 0 Å². The molecule has 0 amide bonds. The molecule has 12 heteroatoms. The zero-order valence-electron chi connectivity index (χ0n) is 17.0. The molecule has 0 spiro atoms. The van der Waals surface area contributed by atoms with E-state index < -0.39 is 56.5 Å². The summed E-state index contributed by atoms with van der Waals surface area (Å²) in [5.41, 5.74) is -1.99. The van der Waals surface area contributed by atoms with Gasteiger partial charge >= 0.3 is 12.4 Å². The molecule has 0 heterocycles. The van der Waals surface area contributed by atoms with Gasteiger partial charge in [0.1, 0.15) is 4.90 Å². The van der Waals surface area contributed by atoms with Crippen molar-refractivity contribution in [1.29, 1.82) is 0 Å². The molecule has 34 heavy (non-hydrogen) atoms. The molecule has 182 valence electrons. The fourth-order valence-corrected chi connectivity index (χ4v) is 5.21. The van der Waals surface area contributed by atoms with Crippen LogP contribution in [0.4, 0.5) is 26.3 Å². The zero-order valence-corrected chi connectivity index (χ0v) is 19.3. The van der Waals surface area contributed by atoms with Gasteiger partial charge in [-0.1, -0.05) is 59.6 Å². The smallest absolute Gasteiger partial charge is 0.207 e. The minimum atomic E-state index is -4.84. The van der Waals surface area contributed by atoms with Crippen LogP contribution in [0.25, 0.3) is 0 Å². The summed E-state index contributed by atoms with van der Waals surface area (Å²) in [6, 6.07) is 11.9. The third kappa shape index (κ3) is 6.04. The lowest BCUT2D eigenvalue weighted by Gasteiger charge is -2.24. The lowest BCUT2D eigenvalue weighted by Crippen LogP contribution is -2.31. The first-order valence-electron chi connectivity index (χ1n) is 9.46. The number of sulfonamides is 1. The largest absolute Gasteiger partial charge is 0.416 e. The highest BCUT2D eigenvalue weighted by atomic mass is 35.5. The maximum absolute atomic E-state index is 13.4. The van der Waals surface area contributed by atoms with E-state index in [0.717, 1.165) is 28.6 Å². The number of rotatable bonds is 6. The highest BCUT2D eigenvalue weighted by Gasteiger charge is 2.35. The maximum atomic E-state index is 13.4.